The maximum absolute atomic E-state index is 11.6. The van der Waals surface area contributed by atoms with E-state index < -0.39 is 0 Å². The summed E-state index contributed by atoms with van der Waals surface area (Å²) < 4.78 is 4.97. The summed E-state index contributed by atoms with van der Waals surface area (Å²) >= 11 is 0. The van der Waals surface area contributed by atoms with Gasteiger partial charge in [-0.15, -0.1) is 0 Å². The molecule has 2 N–H and O–H groups in total. The molecule has 24 heavy (non-hydrogen) atoms. The highest BCUT2D eigenvalue weighted by Gasteiger charge is 2.40. The predicted octanol–water partition coefficient (Wildman–Crippen LogP) is 3.42. The van der Waals surface area contributed by atoms with Gasteiger partial charge < -0.3 is 15.4 Å². The Labute approximate surface area is 143 Å². The van der Waals surface area contributed by atoms with Crippen LogP contribution in [0.1, 0.15) is 50.7 Å². The smallest absolute Gasteiger partial charge is 0.407 e. The molecule has 2 aliphatic carbocycles. The Morgan fingerprint density at radius 3 is 2.58 bits per heavy atom. The number of alkyl carbamates (subject to hydrolysis) is 1. The number of amides is 2. The predicted molar refractivity (Wildman–Crippen MR) is 93.0 cm³/mol. The summed E-state index contributed by atoms with van der Waals surface area (Å²) in [5.41, 5.74) is 3.97. The lowest BCUT2D eigenvalue weighted by Crippen LogP contribution is -2.41. The first kappa shape index (κ1) is 16.8. The molecule has 1 spiro atoms. The van der Waals surface area contributed by atoms with E-state index in [4.69, 9.17) is 4.74 Å². The van der Waals surface area contributed by atoms with Gasteiger partial charge in [-0.05, 0) is 74.1 Å². The number of carbonyl (C=O) groups excluding carboxylic acids is 2. The third-order valence-electron chi connectivity index (χ3n) is 5.30. The highest BCUT2D eigenvalue weighted by atomic mass is 16.5. The molecule has 1 aromatic carbocycles. The molecule has 0 aromatic heterocycles. The number of hydrogen-bond acceptors (Lipinski definition) is 3. The second kappa shape index (κ2) is 6.83. The molecule has 0 bridgehead atoms. The number of rotatable bonds is 3. The summed E-state index contributed by atoms with van der Waals surface area (Å²) in [4.78, 5) is 22.8. The van der Waals surface area contributed by atoms with Crippen LogP contribution in [0.25, 0.3) is 0 Å². The van der Waals surface area contributed by atoms with E-state index in [0.717, 1.165) is 44.2 Å². The number of benzene rings is 1. The van der Waals surface area contributed by atoms with E-state index in [1.807, 2.05) is 13.0 Å². The molecule has 1 saturated carbocycles. The fourth-order valence-electron chi connectivity index (χ4n) is 4.18. The van der Waals surface area contributed by atoms with Crippen molar-refractivity contribution in [1.82, 2.24) is 5.32 Å². The van der Waals surface area contributed by atoms with E-state index in [1.165, 1.54) is 18.1 Å². The zero-order chi connectivity index (χ0) is 17.2. The summed E-state index contributed by atoms with van der Waals surface area (Å²) in [6.07, 6.45) is 6.13. The van der Waals surface area contributed by atoms with E-state index in [1.54, 1.807) is 0 Å². The van der Waals surface area contributed by atoms with Crippen molar-refractivity contribution in [3.63, 3.8) is 0 Å². The third kappa shape index (κ3) is 3.71. The van der Waals surface area contributed by atoms with Gasteiger partial charge in [0.15, 0.2) is 0 Å². The maximum atomic E-state index is 11.6. The Morgan fingerprint density at radius 1 is 1.21 bits per heavy atom. The minimum atomic E-state index is -0.298. The van der Waals surface area contributed by atoms with E-state index in [9.17, 15) is 9.59 Å². The molecule has 0 aliphatic heterocycles. The fourth-order valence-corrected chi connectivity index (χ4v) is 4.18. The van der Waals surface area contributed by atoms with Gasteiger partial charge in [-0.1, -0.05) is 6.07 Å². The van der Waals surface area contributed by atoms with Gasteiger partial charge >= 0.3 is 6.09 Å². The quantitative estimate of drug-likeness (QED) is 0.892. The Bertz CT molecular complexity index is 633. The normalized spacial score (nSPS) is 25.2. The molecule has 2 amide bonds. The molecular formula is C19H26N2O3. The van der Waals surface area contributed by atoms with Crippen molar-refractivity contribution in [3.8, 4) is 0 Å². The van der Waals surface area contributed by atoms with Crippen molar-refractivity contribution in [1.29, 1.82) is 0 Å². The lowest BCUT2D eigenvalue weighted by molar-refractivity contribution is -0.114. The zero-order valence-corrected chi connectivity index (χ0v) is 14.5. The number of hydrogen-bond donors (Lipinski definition) is 2. The van der Waals surface area contributed by atoms with Gasteiger partial charge in [0.05, 0.1) is 6.61 Å². The molecule has 5 nitrogen and oxygen atoms in total. The Hall–Kier alpha value is -2.04. The van der Waals surface area contributed by atoms with Gasteiger partial charge in [-0.25, -0.2) is 4.79 Å². The minimum Gasteiger partial charge on any atom is -0.450 e. The number of nitrogens with one attached hydrogen (secondary N) is 2. The molecule has 2 aliphatic rings. The maximum Gasteiger partial charge on any atom is 0.407 e. The van der Waals surface area contributed by atoms with Crippen LogP contribution in [-0.4, -0.2) is 24.6 Å². The molecule has 1 aromatic rings. The van der Waals surface area contributed by atoms with Crippen molar-refractivity contribution in [3.05, 3.63) is 29.3 Å². The second-order valence-electron chi connectivity index (χ2n) is 7.16. The third-order valence-corrected chi connectivity index (χ3v) is 5.30. The first-order valence-electron chi connectivity index (χ1n) is 8.82. The number of fused-ring (bicyclic) bond motifs is 1. The standard InChI is InChI=1S/C19H26N2O3/c1-3-24-18(23)21-16-6-8-19(9-7-16)11-14-4-5-17(20-13(2)22)10-15(14)12-19/h4-5,10,16H,3,6-9,11-12H2,1-2H3,(H,20,22)(H,21,23). The van der Waals surface area contributed by atoms with Crippen molar-refractivity contribution in [2.45, 2.75) is 58.4 Å². The molecule has 0 saturated heterocycles. The van der Waals surface area contributed by atoms with Crippen molar-refractivity contribution in [2.75, 3.05) is 11.9 Å². The molecule has 0 atom stereocenters. The van der Waals surface area contributed by atoms with E-state index >= 15 is 0 Å². The number of carbonyl (C=O) groups is 2. The van der Waals surface area contributed by atoms with E-state index in [2.05, 4.69) is 22.8 Å². The van der Waals surface area contributed by atoms with Crippen LogP contribution in [0.3, 0.4) is 0 Å². The first-order valence-corrected chi connectivity index (χ1v) is 8.82. The van der Waals surface area contributed by atoms with Crippen LogP contribution in [0.15, 0.2) is 18.2 Å². The topological polar surface area (TPSA) is 67.4 Å². The van der Waals surface area contributed by atoms with Crippen molar-refractivity contribution >= 4 is 17.7 Å². The summed E-state index contributed by atoms with van der Waals surface area (Å²) in [5, 5.41) is 5.84. The molecule has 1 fully saturated rings. The van der Waals surface area contributed by atoms with Gasteiger partial charge in [0.25, 0.3) is 0 Å². The number of anilines is 1. The lowest BCUT2D eigenvalue weighted by atomic mass is 9.70. The summed E-state index contributed by atoms with van der Waals surface area (Å²) in [6, 6.07) is 6.49. The SMILES string of the molecule is CCOC(=O)NC1CCC2(CC1)Cc1ccc(NC(C)=O)cc1C2. The summed E-state index contributed by atoms with van der Waals surface area (Å²) in [6.45, 7) is 3.77. The molecule has 130 valence electrons. The minimum absolute atomic E-state index is 0.0341. The highest BCUT2D eigenvalue weighted by Crippen LogP contribution is 2.47. The van der Waals surface area contributed by atoms with Gasteiger partial charge in [-0.2, -0.15) is 0 Å². The average Bonchev–Trinajstić information content (AvgIpc) is 2.87. The molecule has 5 heteroatoms. The van der Waals surface area contributed by atoms with Gasteiger partial charge in [0, 0.05) is 18.7 Å². The van der Waals surface area contributed by atoms with Crippen molar-refractivity contribution in [2.24, 2.45) is 5.41 Å². The monoisotopic (exact) mass is 330 g/mol. The largest absolute Gasteiger partial charge is 0.450 e. The van der Waals surface area contributed by atoms with Crippen LogP contribution in [0, 0.1) is 5.41 Å². The van der Waals surface area contributed by atoms with E-state index in [0.29, 0.717) is 12.0 Å². The van der Waals surface area contributed by atoms with Crippen LogP contribution in [-0.2, 0) is 22.4 Å². The average molecular weight is 330 g/mol. The fraction of sp³-hybridized carbons (Fsp3) is 0.579. The number of ether oxygens (including phenoxy) is 1. The first-order chi connectivity index (χ1) is 11.5. The van der Waals surface area contributed by atoms with Crippen LogP contribution >= 0.6 is 0 Å². The van der Waals surface area contributed by atoms with Gasteiger partial charge in [-0.3, -0.25) is 4.79 Å². The summed E-state index contributed by atoms with van der Waals surface area (Å²) in [5.74, 6) is -0.0341. The molecule has 0 unspecified atom stereocenters. The molecule has 3 rings (SSSR count). The van der Waals surface area contributed by atoms with Gasteiger partial charge in [0.2, 0.25) is 5.91 Å². The molecule has 0 heterocycles. The van der Waals surface area contributed by atoms with Crippen LogP contribution in [0.2, 0.25) is 0 Å². The Balaban J connectivity index is 1.59. The lowest BCUT2D eigenvalue weighted by Gasteiger charge is -2.37. The second-order valence-corrected chi connectivity index (χ2v) is 7.16. The van der Waals surface area contributed by atoms with E-state index in [-0.39, 0.29) is 18.0 Å². The zero-order valence-electron chi connectivity index (χ0n) is 14.5. The van der Waals surface area contributed by atoms with Crippen molar-refractivity contribution < 1.29 is 14.3 Å². The van der Waals surface area contributed by atoms with Crippen LogP contribution in [0.4, 0.5) is 10.5 Å². The summed E-state index contributed by atoms with van der Waals surface area (Å²) in [7, 11) is 0. The van der Waals surface area contributed by atoms with Crippen LogP contribution in [0.5, 0.6) is 0 Å². The Morgan fingerprint density at radius 2 is 1.92 bits per heavy atom. The van der Waals surface area contributed by atoms with Gasteiger partial charge in [0.1, 0.15) is 0 Å². The highest BCUT2D eigenvalue weighted by molar-refractivity contribution is 5.88. The molecular weight excluding hydrogens is 304 g/mol. The van der Waals surface area contributed by atoms with Crippen LogP contribution < -0.4 is 10.6 Å². The Kier molecular flexibility index (Phi) is 4.78. The molecule has 0 radical (unpaired) electrons.